The van der Waals surface area contributed by atoms with Crippen LogP contribution in [-0.4, -0.2) is 4.37 Å². The molecule has 1 aromatic heterocycles. The number of fused-ring (bicyclic) bond motifs is 1. The molecule has 0 saturated heterocycles. The predicted octanol–water partition coefficient (Wildman–Crippen LogP) is 3.17. The highest BCUT2D eigenvalue weighted by atomic mass is 79.9. The molecule has 0 aliphatic carbocycles. The summed E-state index contributed by atoms with van der Waals surface area (Å²) in [6.07, 6.45) is 0. The number of nitrogens with zero attached hydrogens (tertiary/aromatic N) is 1. The second-order valence-corrected chi connectivity index (χ2v) is 4.66. The number of hydrogen-bond donors (Lipinski definition) is 1. The highest BCUT2D eigenvalue weighted by Gasteiger charge is 2.08. The van der Waals surface area contributed by atoms with E-state index in [-0.39, 0.29) is 0 Å². The first-order valence-electron chi connectivity index (χ1n) is 3.65. The van der Waals surface area contributed by atoms with E-state index < -0.39 is 0 Å². The lowest BCUT2D eigenvalue weighted by Crippen LogP contribution is -1.95. The lowest BCUT2D eigenvalue weighted by Gasteiger charge is -1.96. The van der Waals surface area contributed by atoms with E-state index in [0.29, 0.717) is 11.6 Å². The summed E-state index contributed by atoms with van der Waals surface area (Å²) >= 11 is 10.8. The molecule has 1 aromatic carbocycles. The van der Waals surface area contributed by atoms with Crippen molar-refractivity contribution in [1.29, 1.82) is 0 Å². The fraction of sp³-hybridized carbons (Fsp3) is 0.125. The summed E-state index contributed by atoms with van der Waals surface area (Å²) in [5, 5.41) is 1.75. The van der Waals surface area contributed by atoms with E-state index in [2.05, 4.69) is 20.3 Å². The molecule has 0 radical (unpaired) electrons. The van der Waals surface area contributed by atoms with E-state index in [9.17, 15) is 0 Å². The van der Waals surface area contributed by atoms with Gasteiger partial charge in [-0.25, -0.2) is 0 Å². The van der Waals surface area contributed by atoms with Crippen molar-refractivity contribution in [3.05, 3.63) is 27.3 Å². The Hall–Kier alpha value is -0.160. The lowest BCUT2D eigenvalue weighted by molar-refractivity contribution is 1.04. The van der Waals surface area contributed by atoms with Gasteiger partial charge in [-0.2, -0.15) is 4.37 Å². The second kappa shape index (κ2) is 3.53. The van der Waals surface area contributed by atoms with Crippen molar-refractivity contribution in [2.75, 3.05) is 0 Å². The Morgan fingerprint density at radius 3 is 3.00 bits per heavy atom. The minimum atomic E-state index is 0.451. The first kappa shape index (κ1) is 9.40. The van der Waals surface area contributed by atoms with Crippen LogP contribution in [0.2, 0.25) is 5.02 Å². The normalized spacial score (nSPS) is 11.0. The summed E-state index contributed by atoms with van der Waals surface area (Å²) in [6.45, 7) is 0.451. The minimum Gasteiger partial charge on any atom is -0.325 e. The van der Waals surface area contributed by atoms with Gasteiger partial charge < -0.3 is 5.73 Å². The van der Waals surface area contributed by atoms with Gasteiger partial charge in [0.1, 0.15) is 0 Å². The average Bonchev–Trinajstić information content (AvgIpc) is 2.47. The largest absolute Gasteiger partial charge is 0.325 e. The molecule has 0 aliphatic rings. The van der Waals surface area contributed by atoms with Crippen LogP contribution in [0.15, 0.2) is 16.6 Å². The summed E-state index contributed by atoms with van der Waals surface area (Å²) in [5.74, 6) is 0. The summed E-state index contributed by atoms with van der Waals surface area (Å²) in [7, 11) is 0. The van der Waals surface area contributed by atoms with Crippen LogP contribution < -0.4 is 5.73 Å². The predicted molar refractivity (Wildman–Crippen MR) is 60.2 cm³/mol. The maximum absolute atomic E-state index is 5.92. The Kier molecular flexibility index (Phi) is 2.55. The molecule has 2 rings (SSSR count). The molecule has 0 amide bonds. The highest BCUT2D eigenvalue weighted by molar-refractivity contribution is 9.10. The monoisotopic (exact) mass is 276 g/mol. The van der Waals surface area contributed by atoms with Crippen molar-refractivity contribution in [3.63, 3.8) is 0 Å². The van der Waals surface area contributed by atoms with Gasteiger partial charge in [0.25, 0.3) is 0 Å². The fourth-order valence-electron chi connectivity index (χ4n) is 1.16. The van der Waals surface area contributed by atoms with Gasteiger partial charge in [-0.3, -0.25) is 0 Å². The van der Waals surface area contributed by atoms with Crippen LogP contribution in [0.3, 0.4) is 0 Å². The molecule has 0 bridgehead atoms. The van der Waals surface area contributed by atoms with E-state index >= 15 is 0 Å². The Morgan fingerprint density at radius 2 is 2.31 bits per heavy atom. The third-order valence-corrected chi connectivity index (χ3v) is 3.80. The summed E-state index contributed by atoms with van der Waals surface area (Å²) in [6, 6.07) is 3.76. The van der Waals surface area contributed by atoms with E-state index in [4.69, 9.17) is 17.3 Å². The van der Waals surface area contributed by atoms with E-state index in [1.807, 2.05) is 12.1 Å². The molecule has 2 aromatic rings. The summed E-state index contributed by atoms with van der Waals surface area (Å²) in [5.41, 5.74) is 6.45. The maximum atomic E-state index is 5.92. The van der Waals surface area contributed by atoms with Crippen LogP contribution in [0.4, 0.5) is 0 Å². The summed E-state index contributed by atoms with van der Waals surface area (Å²) in [4.78, 5) is 0. The number of rotatable bonds is 1. The average molecular weight is 278 g/mol. The molecular formula is C8H6BrClN2S. The van der Waals surface area contributed by atoms with Crippen molar-refractivity contribution in [2.45, 2.75) is 6.54 Å². The molecular weight excluding hydrogens is 272 g/mol. The van der Waals surface area contributed by atoms with Gasteiger partial charge in [0.05, 0.1) is 10.4 Å². The first-order valence-corrected chi connectivity index (χ1v) is 5.60. The van der Waals surface area contributed by atoms with Crippen LogP contribution in [-0.2, 0) is 6.54 Å². The quantitative estimate of drug-likeness (QED) is 0.869. The molecule has 0 aliphatic heterocycles. The van der Waals surface area contributed by atoms with Gasteiger partial charge in [0.2, 0.25) is 0 Å². The Balaban J connectivity index is 2.82. The zero-order valence-electron chi connectivity index (χ0n) is 6.55. The van der Waals surface area contributed by atoms with Crippen molar-refractivity contribution >= 4 is 49.1 Å². The van der Waals surface area contributed by atoms with Gasteiger partial charge in [-0.1, -0.05) is 11.6 Å². The molecule has 13 heavy (non-hydrogen) atoms. The van der Waals surface area contributed by atoms with Gasteiger partial charge in [0, 0.05) is 21.4 Å². The Labute approximate surface area is 93.0 Å². The number of halogens is 2. The van der Waals surface area contributed by atoms with Crippen LogP contribution in [0.1, 0.15) is 5.69 Å². The maximum Gasteiger partial charge on any atom is 0.0757 e. The molecule has 2 nitrogen and oxygen atoms in total. The lowest BCUT2D eigenvalue weighted by atomic mass is 10.2. The van der Waals surface area contributed by atoms with Gasteiger partial charge in [0.15, 0.2) is 0 Å². The number of hydrogen-bond acceptors (Lipinski definition) is 3. The second-order valence-electron chi connectivity index (χ2n) is 2.60. The molecule has 5 heteroatoms. The smallest absolute Gasteiger partial charge is 0.0757 e. The van der Waals surface area contributed by atoms with Crippen molar-refractivity contribution in [3.8, 4) is 0 Å². The highest BCUT2D eigenvalue weighted by Crippen LogP contribution is 2.32. The van der Waals surface area contributed by atoms with Gasteiger partial charge in [-0.05, 0) is 39.6 Å². The van der Waals surface area contributed by atoms with E-state index in [0.717, 1.165) is 20.3 Å². The third-order valence-electron chi connectivity index (χ3n) is 1.76. The van der Waals surface area contributed by atoms with E-state index in [1.165, 1.54) is 11.5 Å². The first-order chi connectivity index (χ1) is 6.22. The van der Waals surface area contributed by atoms with Gasteiger partial charge in [-0.15, -0.1) is 0 Å². The van der Waals surface area contributed by atoms with Crippen LogP contribution >= 0.6 is 39.1 Å². The number of nitrogens with two attached hydrogens (primary N) is 1. The van der Waals surface area contributed by atoms with Gasteiger partial charge >= 0.3 is 0 Å². The molecule has 1 heterocycles. The molecule has 2 N–H and O–H groups in total. The van der Waals surface area contributed by atoms with Crippen LogP contribution in [0.5, 0.6) is 0 Å². The Morgan fingerprint density at radius 1 is 1.54 bits per heavy atom. The van der Waals surface area contributed by atoms with Crippen LogP contribution in [0.25, 0.3) is 10.1 Å². The molecule has 0 atom stereocenters. The number of aromatic nitrogens is 1. The third kappa shape index (κ3) is 1.59. The molecule has 68 valence electrons. The molecule has 0 fully saturated rings. The van der Waals surface area contributed by atoms with E-state index in [1.54, 1.807) is 0 Å². The standard InChI is InChI=1S/C8H6BrClN2S/c9-6-2-4(10)1-5-7(3-11)12-13-8(5)6/h1-2H,3,11H2. The van der Waals surface area contributed by atoms with Crippen molar-refractivity contribution < 1.29 is 0 Å². The fourth-order valence-corrected chi connectivity index (χ4v) is 2.99. The Bertz CT molecular complexity index is 455. The van der Waals surface area contributed by atoms with Crippen molar-refractivity contribution in [1.82, 2.24) is 4.37 Å². The van der Waals surface area contributed by atoms with Crippen molar-refractivity contribution in [2.24, 2.45) is 5.73 Å². The number of benzene rings is 1. The zero-order valence-corrected chi connectivity index (χ0v) is 9.71. The minimum absolute atomic E-state index is 0.451. The molecule has 0 spiro atoms. The topological polar surface area (TPSA) is 38.9 Å². The zero-order chi connectivity index (χ0) is 9.42. The van der Waals surface area contributed by atoms with Crippen LogP contribution in [0, 0.1) is 0 Å². The SMILES string of the molecule is NCc1nsc2c(Br)cc(Cl)cc12. The molecule has 0 saturated carbocycles. The summed E-state index contributed by atoms with van der Waals surface area (Å²) < 4.78 is 6.32. The molecule has 0 unspecified atom stereocenters.